The van der Waals surface area contributed by atoms with Gasteiger partial charge in [-0.05, 0) is 56.0 Å². The quantitative estimate of drug-likeness (QED) is 0.451. The van der Waals surface area contributed by atoms with Gasteiger partial charge in [0, 0.05) is 42.8 Å². The van der Waals surface area contributed by atoms with Gasteiger partial charge in [-0.2, -0.15) is 0 Å². The van der Waals surface area contributed by atoms with E-state index in [2.05, 4.69) is 25.5 Å². The third kappa shape index (κ3) is 5.04. The van der Waals surface area contributed by atoms with Crippen molar-refractivity contribution in [3.8, 4) is 11.5 Å². The second-order valence-electron chi connectivity index (χ2n) is 8.92. The van der Waals surface area contributed by atoms with E-state index >= 15 is 0 Å². The van der Waals surface area contributed by atoms with Crippen LogP contribution in [0.25, 0.3) is 10.9 Å². The summed E-state index contributed by atoms with van der Waals surface area (Å²) in [6.45, 7) is 5.06. The first kappa shape index (κ1) is 23.1. The SMILES string of the molecule is COc1cc2ncnc(Nc3ccc(F)c(Cl)c3)c2cc1OCCCN1CC2CCCNC2C1. The molecule has 2 aliphatic heterocycles. The first-order valence-corrected chi connectivity index (χ1v) is 12.1. The summed E-state index contributed by atoms with van der Waals surface area (Å²) >= 11 is 5.93. The molecule has 2 aliphatic rings. The van der Waals surface area contributed by atoms with Gasteiger partial charge in [0.05, 0.1) is 24.3 Å². The maximum atomic E-state index is 13.5. The number of hydrogen-bond acceptors (Lipinski definition) is 7. The van der Waals surface area contributed by atoms with Crippen LogP contribution in [0.5, 0.6) is 11.5 Å². The third-order valence-electron chi connectivity index (χ3n) is 6.65. The van der Waals surface area contributed by atoms with Gasteiger partial charge in [0.1, 0.15) is 18.0 Å². The molecule has 2 atom stereocenters. The fraction of sp³-hybridized carbons (Fsp3) is 0.440. The van der Waals surface area contributed by atoms with Crippen LogP contribution in [-0.2, 0) is 0 Å². The van der Waals surface area contributed by atoms with Crippen molar-refractivity contribution in [1.29, 1.82) is 0 Å². The van der Waals surface area contributed by atoms with Crippen molar-refractivity contribution in [2.45, 2.75) is 25.3 Å². The largest absolute Gasteiger partial charge is 0.493 e. The lowest BCUT2D eigenvalue weighted by Crippen LogP contribution is -2.40. The first-order valence-electron chi connectivity index (χ1n) is 11.7. The van der Waals surface area contributed by atoms with Gasteiger partial charge in [0.25, 0.3) is 0 Å². The summed E-state index contributed by atoms with van der Waals surface area (Å²) in [5, 5.41) is 7.67. The van der Waals surface area contributed by atoms with Crippen molar-refractivity contribution in [2.75, 3.05) is 45.2 Å². The van der Waals surface area contributed by atoms with Crippen LogP contribution in [0.1, 0.15) is 19.3 Å². The second kappa shape index (κ2) is 10.3. The number of piperidine rings is 1. The highest BCUT2D eigenvalue weighted by Crippen LogP contribution is 2.35. The fourth-order valence-corrected chi connectivity index (χ4v) is 5.12. The molecule has 0 radical (unpaired) electrons. The van der Waals surface area contributed by atoms with Gasteiger partial charge >= 0.3 is 0 Å². The Morgan fingerprint density at radius 3 is 2.94 bits per heavy atom. The summed E-state index contributed by atoms with van der Waals surface area (Å²) < 4.78 is 25.2. The molecular weight excluding hydrogens is 457 g/mol. The Morgan fingerprint density at radius 1 is 1.21 bits per heavy atom. The van der Waals surface area contributed by atoms with Crippen LogP contribution < -0.4 is 20.1 Å². The van der Waals surface area contributed by atoms with Gasteiger partial charge in [0.2, 0.25) is 0 Å². The van der Waals surface area contributed by atoms with E-state index in [0.29, 0.717) is 41.2 Å². The molecular formula is C25H29ClFN5O2. The van der Waals surface area contributed by atoms with Crippen LogP contribution >= 0.6 is 11.6 Å². The van der Waals surface area contributed by atoms with E-state index in [9.17, 15) is 4.39 Å². The normalized spacial score (nSPS) is 20.3. The summed E-state index contributed by atoms with van der Waals surface area (Å²) in [6.07, 6.45) is 5.03. The number of ether oxygens (including phenoxy) is 2. The summed E-state index contributed by atoms with van der Waals surface area (Å²) in [4.78, 5) is 11.3. The molecule has 2 aromatic carbocycles. The Hall–Kier alpha value is -2.68. The summed E-state index contributed by atoms with van der Waals surface area (Å²) in [5.41, 5.74) is 1.34. The molecule has 7 nitrogen and oxygen atoms in total. The Kier molecular flexibility index (Phi) is 6.99. The second-order valence-corrected chi connectivity index (χ2v) is 9.33. The number of nitrogens with one attached hydrogen (secondary N) is 2. The van der Waals surface area contributed by atoms with E-state index in [0.717, 1.165) is 37.4 Å². The Balaban J connectivity index is 1.27. The topological polar surface area (TPSA) is 71.5 Å². The van der Waals surface area contributed by atoms with Crippen LogP contribution in [0.4, 0.5) is 15.9 Å². The molecule has 2 N–H and O–H groups in total. The number of rotatable bonds is 8. The standard InChI is InChI=1S/C25H29ClFN5O2/c1-33-23-12-21-18(25(30-15-29-21)31-17-5-6-20(27)19(26)10-17)11-24(23)34-9-3-8-32-13-16-4-2-7-28-22(16)14-32/h5-6,10-12,15-16,22,28H,2-4,7-9,13-14H2,1H3,(H,29,30,31). The number of halogens is 2. The molecule has 0 bridgehead atoms. The average molecular weight is 486 g/mol. The van der Waals surface area contributed by atoms with Gasteiger partial charge in [-0.25, -0.2) is 14.4 Å². The molecule has 0 saturated carbocycles. The fourth-order valence-electron chi connectivity index (χ4n) is 4.94. The van der Waals surface area contributed by atoms with Crippen molar-refractivity contribution in [3.63, 3.8) is 0 Å². The smallest absolute Gasteiger partial charge is 0.162 e. The van der Waals surface area contributed by atoms with Crippen LogP contribution in [-0.4, -0.2) is 60.8 Å². The molecule has 0 aliphatic carbocycles. The van der Waals surface area contributed by atoms with Crippen LogP contribution in [0.3, 0.4) is 0 Å². The van der Waals surface area contributed by atoms with Crippen LogP contribution in [0.15, 0.2) is 36.7 Å². The molecule has 2 unspecified atom stereocenters. The molecule has 9 heteroatoms. The predicted molar refractivity (Wildman–Crippen MR) is 132 cm³/mol. The number of anilines is 2. The lowest BCUT2D eigenvalue weighted by atomic mass is 9.94. The number of benzene rings is 2. The number of methoxy groups -OCH3 is 1. The van der Waals surface area contributed by atoms with E-state index in [1.807, 2.05) is 12.1 Å². The molecule has 2 saturated heterocycles. The predicted octanol–water partition coefficient (Wildman–Crippen LogP) is 4.63. The zero-order valence-electron chi connectivity index (χ0n) is 19.2. The molecule has 180 valence electrons. The Bertz CT molecular complexity index is 1150. The highest BCUT2D eigenvalue weighted by atomic mass is 35.5. The van der Waals surface area contributed by atoms with Crippen molar-refractivity contribution in [3.05, 3.63) is 47.5 Å². The van der Waals surface area contributed by atoms with Crippen molar-refractivity contribution >= 4 is 34.0 Å². The lowest BCUT2D eigenvalue weighted by Gasteiger charge is -2.24. The van der Waals surface area contributed by atoms with E-state index in [-0.39, 0.29) is 5.02 Å². The minimum Gasteiger partial charge on any atom is -0.493 e. The average Bonchev–Trinajstić information content (AvgIpc) is 3.27. The van der Waals surface area contributed by atoms with Crippen molar-refractivity contribution < 1.29 is 13.9 Å². The van der Waals surface area contributed by atoms with Gasteiger partial charge in [-0.1, -0.05) is 11.6 Å². The molecule has 3 heterocycles. The number of nitrogens with zero attached hydrogens (tertiary/aromatic N) is 3. The summed E-state index contributed by atoms with van der Waals surface area (Å²) in [5.74, 6) is 2.16. The minimum absolute atomic E-state index is 0.0436. The molecule has 34 heavy (non-hydrogen) atoms. The first-order chi connectivity index (χ1) is 16.6. The van der Waals surface area contributed by atoms with Gasteiger partial charge < -0.3 is 25.0 Å². The zero-order valence-corrected chi connectivity index (χ0v) is 19.9. The van der Waals surface area contributed by atoms with E-state index in [1.165, 1.54) is 37.8 Å². The highest BCUT2D eigenvalue weighted by molar-refractivity contribution is 6.31. The molecule has 3 aromatic rings. The number of fused-ring (bicyclic) bond motifs is 2. The van der Waals surface area contributed by atoms with Crippen LogP contribution in [0, 0.1) is 11.7 Å². The minimum atomic E-state index is -0.468. The summed E-state index contributed by atoms with van der Waals surface area (Å²) in [7, 11) is 1.62. The van der Waals surface area contributed by atoms with Gasteiger partial charge in [-0.3, -0.25) is 0 Å². The zero-order chi connectivity index (χ0) is 23.5. The Morgan fingerprint density at radius 2 is 2.12 bits per heavy atom. The molecule has 5 rings (SSSR count). The molecule has 0 amide bonds. The third-order valence-corrected chi connectivity index (χ3v) is 6.94. The number of aromatic nitrogens is 2. The molecule has 1 aromatic heterocycles. The maximum absolute atomic E-state index is 13.5. The van der Waals surface area contributed by atoms with Crippen molar-refractivity contribution in [1.82, 2.24) is 20.2 Å². The monoisotopic (exact) mass is 485 g/mol. The van der Waals surface area contributed by atoms with Crippen LogP contribution in [0.2, 0.25) is 5.02 Å². The highest BCUT2D eigenvalue weighted by Gasteiger charge is 2.33. The van der Waals surface area contributed by atoms with E-state index < -0.39 is 5.82 Å². The maximum Gasteiger partial charge on any atom is 0.162 e. The Labute approximate surface area is 203 Å². The molecule has 0 spiro atoms. The van der Waals surface area contributed by atoms with Gasteiger partial charge in [-0.15, -0.1) is 0 Å². The van der Waals surface area contributed by atoms with Gasteiger partial charge in [0.15, 0.2) is 11.5 Å². The van der Waals surface area contributed by atoms with E-state index in [4.69, 9.17) is 21.1 Å². The molecule has 2 fully saturated rings. The number of hydrogen-bond donors (Lipinski definition) is 2. The van der Waals surface area contributed by atoms with Crippen molar-refractivity contribution in [2.24, 2.45) is 5.92 Å². The summed E-state index contributed by atoms with van der Waals surface area (Å²) in [6, 6.07) is 8.83. The number of likely N-dealkylation sites (tertiary alicyclic amines) is 1. The van der Waals surface area contributed by atoms with E-state index in [1.54, 1.807) is 13.2 Å². The lowest BCUT2D eigenvalue weighted by molar-refractivity contribution is 0.250.